The normalized spacial score (nSPS) is 15.2. The molecule has 1 aromatic carbocycles. The Balaban J connectivity index is 1.74. The summed E-state index contributed by atoms with van der Waals surface area (Å²) in [4.78, 5) is 32.6. The molecule has 1 aliphatic rings. The number of thioether (sulfide) groups is 1. The first kappa shape index (κ1) is 20.1. The summed E-state index contributed by atoms with van der Waals surface area (Å²) >= 11 is 6.61. The maximum Gasteiger partial charge on any atom is 0.267 e. The first-order valence-corrected chi connectivity index (χ1v) is 10.5. The maximum absolute atomic E-state index is 13.1. The van der Waals surface area contributed by atoms with Crippen molar-refractivity contribution in [3.63, 3.8) is 0 Å². The van der Waals surface area contributed by atoms with Crippen molar-refractivity contribution in [2.45, 2.75) is 6.54 Å². The molecule has 1 aliphatic heterocycles. The minimum Gasteiger partial charge on any atom is -0.366 e. The van der Waals surface area contributed by atoms with E-state index in [1.165, 1.54) is 16.2 Å². The molecule has 3 heterocycles. The van der Waals surface area contributed by atoms with Gasteiger partial charge in [0.05, 0.1) is 17.0 Å². The van der Waals surface area contributed by atoms with Gasteiger partial charge in [0.15, 0.2) is 0 Å². The number of thiocarbonyl (C=S) groups is 1. The summed E-state index contributed by atoms with van der Waals surface area (Å²) in [6.45, 7) is 4.52. The molecule has 0 saturated carbocycles. The van der Waals surface area contributed by atoms with Crippen LogP contribution >= 0.6 is 24.0 Å². The highest BCUT2D eigenvalue weighted by Crippen LogP contribution is 2.34. The van der Waals surface area contributed by atoms with Gasteiger partial charge in [0, 0.05) is 12.7 Å². The smallest absolute Gasteiger partial charge is 0.267 e. The average Bonchev–Trinajstić information content (AvgIpc) is 3.02. The number of amides is 1. The van der Waals surface area contributed by atoms with Gasteiger partial charge in [-0.3, -0.25) is 18.9 Å². The fourth-order valence-corrected chi connectivity index (χ4v) is 4.31. The number of rotatable bonds is 6. The third-order valence-electron chi connectivity index (χ3n) is 4.52. The third-order valence-corrected chi connectivity index (χ3v) is 5.89. The van der Waals surface area contributed by atoms with E-state index in [2.05, 4.69) is 16.9 Å². The number of carbonyl (C=O) groups excluding carboxylic acids is 1. The molecule has 4 rings (SSSR count). The molecule has 3 aromatic rings. The monoisotopic (exact) mass is 434 g/mol. The molecule has 0 spiro atoms. The van der Waals surface area contributed by atoms with Gasteiger partial charge in [0.25, 0.3) is 11.5 Å². The molecule has 0 unspecified atom stereocenters. The van der Waals surface area contributed by atoms with E-state index in [4.69, 9.17) is 12.2 Å². The lowest BCUT2D eigenvalue weighted by Crippen LogP contribution is -2.27. The molecule has 8 heteroatoms. The second-order valence-electron chi connectivity index (χ2n) is 6.53. The van der Waals surface area contributed by atoms with Crippen LogP contribution in [-0.4, -0.2) is 31.1 Å². The molecule has 1 amide bonds. The van der Waals surface area contributed by atoms with Crippen molar-refractivity contribution in [3.8, 4) is 0 Å². The highest BCUT2D eigenvalue weighted by Gasteiger charge is 2.32. The van der Waals surface area contributed by atoms with Gasteiger partial charge in [-0.05, 0) is 23.8 Å². The molecule has 6 nitrogen and oxygen atoms in total. The maximum atomic E-state index is 13.1. The highest BCUT2D eigenvalue weighted by molar-refractivity contribution is 8.26. The Kier molecular flexibility index (Phi) is 5.78. The molecule has 0 radical (unpaired) electrons. The lowest BCUT2D eigenvalue weighted by atomic mass is 10.2. The van der Waals surface area contributed by atoms with Crippen LogP contribution in [0.2, 0.25) is 0 Å². The average molecular weight is 435 g/mol. The summed E-state index contributed by atoms with van der Waals surface area (Å²) in [6, 6.07) is 15.0. The van der Waals surface area contributed by atoms with E-state index in [0.717, 1.165) is 5.56 Å². The zero-order chi connectivity index (χ0) is 21.1. The van der Waals surface area contributed by atoms with Gasteiger partial charge in [0.1, 0.15) is 15.8 Å². The zero-order valence-corrected chi connectivity index (χ0v) is 17.6. The number of hydrogen-bond donors (Lipinski definition) is 1. The number of anilines is 1. The second kappa shape index (κ2) is 8.64. The van der Waals surface area contributed by atoms with Crippen LogP contribution in [0.4, 0.5) is 5.82 Å². The number of benzene rings is 1. The summed E-state index contributed by atoms with van der Waals surface area (Å²) in [5.41, 5.74) is 1.54. The number of nitrogens with one attached hydrogen (secondary N) is 1. The Morgan fingerprint density at radius 3 is 2.67 bits per heavy atom. The molecule has 0 bridgehead atoms. The third kappa shape index (κ3) is 3.92. The molecule has 1 N–H and O–H groups in total. The second-order valence-corrected chi connectivity index (χ2v) is 8.21. The van der Waals surface area contributed by atoms with Gasteiger partial charge in [0.2, 0.25) is 0 Å². The SMILES string of the molecule is C=CCNc1nc2ccccn2c(=O)c1C=C1SC(=S)N(Cc2ccccc2)C1=O. The van der Waals surface area contributed by atoms with Gasteiger partial charge in [-0.25, -0.2) is 4.98 Å². The predicted octanol–water partition coefficient (Wildman–Crippen LogP) is 3.69. The van der Waals surface area contributed by atoms with Crippen LogP contribution in [0.3, 0.4) is 0 Å². The van der Waals surface area contributed by atoms with Crippen LogP contribution in [-0.2, 0) is 11.3 Å². The molecule has 150 valence electrons. The zero-order valence-electron chi connectivity index (χ0n) is 15.9. The molecule has 0 atom stereocenters. The van der Waals surface area contributed by atoms with E-state index in [1.807, 2.05) is 36.4 Å². The lowest BCUT2D eigenvalue weighted by molar-refractivity contribution is -0.122. The topological polar surface area (TPSA) is 66.7 Å². The molecule has 1 saturated heterocycles. The van der Waals surface area contributed by atoms with E-state index in [1.54, 1.807) is 35.4 Å². The van der Waals surface area contributed by atoms with Crippen molar-refractivity contribution < 1.29 is 4.79 Å². The van der Waals surface area contributed by atoms with Crippen molar-refractivity contribution in [2.75, 3.05) is 11.9 Å². The summed E-state index contributed by atoms with van der Waals surface area (Å²) in [7, 11) is 0. The van der Waals surface area contributed by atoms with Crippen LogP contribution in [0.15, 0.2) is 77.1 Å². The quantitative estimate of drug-likeness (QED) is 0.363. The van der Waals surface area contributed by atoms with Crippen molar-refractivity contribution in [2.24, 2.45) is 0 Å². The van der Waals surface area contributed by atoms with Crippen LogP contribution in [0, 0.1) is 0 Å². The molecule has 0 aliphatic carbocycles. The first-order valence-electron chi connectivity index (χ1n) is 9.24. The summed E-state index contributed by atoms with van der Waals surface area (Å²) < 4.78 is 1.92. The number of fused-ring (bicyclic) bond motifs is 1. The molecule has 30 heavy (non-hydrogen) atoms. The number of nitrogens with zero attached hydrogens (tertiary/aromatic N) is 3. The standard InChI is InChI=1S/C22H18N4O2S2/c1-2-11-23-19-16(20(27)25-12-7-6-10-18(25)24-19)13-17-21(28)26(22(29)30-17)14-15-8-4-3-5-9-15/h2-10,12-13,23H,1,11,14H2. The van der Waals surface area contributed by atoms with Gasteiger partial charge >= 0.3 is 0 Å². The highest BCUT2D eigenvalue weighted by atomic mass is 32.2. The minimum atomic E-state index is -0.263. The van der Waals surface area contributed by atoms with Gasteiger partial charge < -0.3 is 5.32 Å². The Labute approximate surface area is 182 Å². The number of pyridine rings is 1. The van der Waals surface area contributed by atoms with Crippen molar-refractivity contribution in [1.29, 1.82) is 0 Å². The van der Waals surface area contributed by atoms with Crippen molar-refractivity contribution in [1.82, 2.24) is 14.3 Å². The van der Waals surface area contributed by atoms with Crippen LogP contribution in [0.5, 0.6) is 0 Å². The summed E-state index contributed by atoms with van der Waals surface area (Å²) in [6.07, 6.45) is 4.90. The number of carbonyl (C=O) groups is 1. The van der Waals surface area contributed by atoms with Gasteiger partial charge in [-0.15, -0.1) is 6.58 Å². The minimum absolute atomic E-state index is 0.221. The van der Waals surface area contributed by atoms with E-state index >= 15 is 0 Å². The fourth-order valence-electron chi connectivity index (χ4n) is 3.07. The lowest BCUT2D eigenvalue weighted by Gasteiger charge is -2.14. The van der Waals surface area contributed by atoms with Crippen LogP contribution in [0.1, 0.15) is 11.1 Å². The Bertz CT molecular complexity index is 1230. The molecule has 2 aromatic heterocycles. The first-order chi connectivity index (χ1) is 14.6. The predicted molar refractivity (Wildman–Crippen MR) is 125 cm³/mol. The molecular formula is C22H18N4O2S2. The van der Waals surface area contributed by atoms with Gasteiger partial charge in [-0.1, -0.05) is 66.5 Å². The Morgan fingerprint density at radius 2 is 1.90 bits per heavy atom. The number of hydrogen-bond acceptors (Lipinski definition) is 6. The molecule has 1 fully saturated rings. The van der Waals surface area contributed by atoms with E-state index in [9.17, 15) is 9.59 Å². The van der Waals surface area contributed by atoms with Crippen molar-refractivity contribution >= 4 is 51.7 Å². The van der Waals surface area contributed by atoms with Crippen LogP contribution in [0.25, 0.3) is 11.7 Å². The van der Waals surface area contributed by atoms with E-state index < -0.39 is 0 Å². The van der Waals surface area contributed by atoms with E-state index in [-0.39, 0.29) is 11.5 Å². The Hall–Kier alpha value is -3.23. The van der Waals surface area contributed by atoms with Crippen molar-refractivity contribution in [3.05, 3.63) is 93.8 Å². The summed E-state index contributed by atoms with van der Waals surface area (Å²) in [5.74, 6) is 0.181. The van der Waals surface area contributed by atoms with E-state index in [0.29, 0.717) is 39.3 Å². The van der Waals surface area contributed by atoms with Crippen LogP contribution < -0.4 is 10.9 Å². The number of aromatic nitrogens is 2. The largest absolute Gasteiger partial charge is 0.366 e. The van der Waals surface area contributed by atoms with Gasteiger partial charge in [-0.2, -0.15) is 0 Å². The molecular weight excluding hydrogens is 416 g/mol. The summed E-state index contributed by atoms with van der Waals surface area (Å²) in [5, 5.41) is 3.09. The Morgan fingerprint density at radius 1 is 1.13 bits per heavy atom. The fraction of sp³-hybridized carbons (Fsp3) is 0.0909.